The molecular formula is C14H24N2O4S. The molecule has 1 aliphatic rings. The Kier molecular flexibility index (Phi) is 8.19. The molecule has 0 aromatic heterocycles. The molecule has 1 N–H and O–H groups in total. The number of likely N-dealkylation sites (tertiary alicyclic amines) is 1. The van der Waals surface area contributed by atoms with Gasteiger partial charge < -0.3 is 15.0 Å². The van der Waals surface area contributed by atoms with Crippen molar-refractivity contribution < 1.29 is 19.1 Å². The van der Waals surface area contributed by atoms with Crippen LogP contribution in [0.5, 0.6) is 0 Å². The number of piperidine rings is 1. The van der Waals surface area contributed by atoms with Gasteiger partial charge in [0.2, 0.25) is 5.91 Å². The Morgan fingerprint density at radius 2 is 1.95 bits per heavy atom. The van der Waals surface area contributed by atoms with Crippen molar-refractivity contribution in [2.24, 2.45) is 0 Å². The lowest BCUT2D eigenvalue weighted by molar-refractivity contribution is -0.119. The largest absolute Gasteiger partial charge is 0.449 e. The topological polar surface area (TPSA) is 75.7 Å². The maximum absolute atomic E-state index is 11.8. The molecule has 0 aliphatic carbocycles. The summed E-state index contributed by atoms with van der Waals surface area (Å²) < 4.78 is 5.16. The van der Waals surface area contributed by atoms with E-state index in [1.54, 1.807) is 4.90 Å². The molecule has 120 valence electrons. The first kappa shape index (κ1) is 17.8. The second-order valence-electron chi connectivity index (χ2n) is 5.08. The van der Waals surface area contributed by atoms with Crippen LogP contribution in [0.3, 0.4) is 0 Å². The lowest BCUT2D eigenvalue weighted by Gasteiger charge is -2.31. The molecule has 6 nitrogen and oxygen atoms in total. The summed E-state index contributed by atoms with van der Waals surface area (Å²) in [7, 11) is 0. The fourth-order valence-electron chi connectivity index (χ4n) is 2.04. The molecule has 0 atom stereocenters. The SMILES string of the molecule is CCCCOC(=O)N1CCC(NC(=O)CSC(C)=O)CC1. The summed E-state index contributed by atoms with van der Waals surface area (Å²) in [6, 6.07) is 0.0738. The molecule has 1 fully saturated rings. The summed E-state index contributed by atoms with van der Waals surface area (Å²) in [4.78, 5) is 35.8. The smallest absolute Gasteiger partial charge is 0.409 e. The van der Waals surface area contributed by atoms with Crippen molar-refractivity contribution >= 4 is 28.9 Å². The Morgan fingerprint density at radius 1 is 1.29 bits per heavy atom. The van der Waals surface area contributed by atoms with Gasteiger partial charge in [-0.2, -0.15) is 0 Å². The minimum Gasteiger partial charge on any atom is -0.449 e. The minimum atomic E-state index is -0.264. The van der Waals surface area contributed by atoms with Gasteiger partial charge in [-0.25, -0.2) is 4.79 Å². The zero-order valence-electron chi connectivity index (χ0n) is 12.7. The third-order valence-corrected chi connectivity index (χ3v) is 4.06. The highest BCUT2D eigenvalue weighted by molar-refractivity contribution is 8.14. The highest BCUT2D eigenvalue weighted by Gasteiger charge is 2.24. The van der Waals surface area contributed by atoms with Crippen LogP contribution in [0.1, 0.15) is 39.5 Å². The van der Waals surface area contributed by atoms with Crippen molar-refractivity contribution in [3.63, 3.8) is 0 Å². The van der Waals surface area contributed by atoms with Crippen molar-refractivity contribution in [3.05, 3.63) is 0 Å². The predicted molar refractivity (Wildman–Crippen MR) is 82.1 cm³/mol. The number of hydrogen-bond acceptors (Lipinski definition) is 5. The summed E-state index contributed by atoms with van der Waals surface area (Å²) in [6.07, 6.45) is 3.06. The molecule has 1 saturated heterocycles. The van der Waals surface area contributed by atoms with E-state index in [1.165, 1.54) is 6.92 Å². The number of carbonyl (C=O) groups is 3. The van der Waals surface area contributed by atoms with Gasteiger partial charge in [-0.3, -0.25) is 9.59 Å². The first-order valence-electron chi connectivity index (χ1n) is 7.37. The third-order valence-electron chi connectivity index (χ3n) is 3.25. The van der Waals surface area contributed by atoms with Gasteiger partial charge in [-0.15, -0.1) is 0 Å². The van der Waals surface area contributed by atoms with Crippen molar-refractivity contribution in [3.8, 4) is 0 Å². The molecule has 0 radical (unpaired) electrons. The highest BCUT2D eigenvalue weighted by atomic mass is 32.2. The van der Waals surface area contributed by atoms with Crippen molar-refractivity contribution in [1.29, 1.82) is 0 Å². The standard InChI is InChI=1S/C14H24N2O4S/c1-3-4-9-20-14(19)16-7-5-12(6-8-16)15-13(18)10-21-11(2)17/h12H,3-10H2,1-2H3,(H,15,18). The van der Waals surface area contributed by atoms with Crippen molar-refractivity contribution in [1.82, 2.24) is 10.2 Å². The molecule has 1 rings (SSSR count). The van der Waals surface area contributed by atoms with Crippen LogP contribution in [0.15, 0.2) is 0 Å². The molecule has 7 heteroatoms. The Labute approximate surface area is 130 Å². The Morgan fingerprint density at radius 3 is 2.52 bits per heavy atom. The van der Waals surface area contributed by atoms with E-state index in [2.05, 4.69) is 5.32 Å². The monoisotopic (exact) mass is 316 g/mol. The van der Waals surface area contributed by atoms with E-state index in [-0.39, 0.29) is 28.9 Å². The molecule has 0 unspecified atom stereocenters. The van der Waals surface area contributed by atoms with Crippen LogP contribution >= 0.6 is 11.8 Å². The van der Waals surface area contributed by atoms with Gasteiger partial charge in [-0.1, -0.05) is 25.1 Å². The van der Waals surface area contributed by atoms with E-state index in [0.29, 0.717) is 19.7 Å². The second kappa shape index (κ2) is 9.65. The number of nitrogens with zero attached hydrogens (tertiary/aromatic N) is 1. The van der Waals surface area contributed by atoms with Gasteiger partial charge in [0.15, 0.2) is 5.12 Å². The zero-order chi connectivity index (χ0) is 15.7. The van der Waals surface area contributed by atoms with Crippen LogP contribution in [0, 0.1) is 0 Å². The number of rotatable bonds is 6. The normalized spacial score (nSPS) is 15.6. The quantitative estimate of drug-likeness (QED) is 0.756. The van der Waals surface area contributed by atoms with Crippen LogP contribution in [0.2, 0.25) is 0 Å². The molecule has 1 heterocycles. The van der Waals surface area contributed by atoms with E-state index in [1.807, 2.05) is 6.92 Å². The van der Waals surface area contributed by atoms with Gasteiger partial charge in [0.25, 0.3) is 0 Å². The lowest BCUT2D eigenvalue weighted by atomic mass is 10.1. The number of unbranched alkanes of at least 4 members (excludes halogenated alkanes) is 1. The molecule has 0 bridgehead atoms. The molecule has 21 heavy (non-hydrogen) atoms. The number of ether oxygens (including phenoxy) is 1. The van der Waals surface area contributed by atoms with Crippen molar-refractivity contribution in [2.75, 3.05) is 25.4 Å². The van der Waals surface area contributed by atoms with Gasteiger partial charge in [0.05, 0.1) is 12.4 Å². The Bertz CT molecular complexity index is 368. The van der Waals surface area contributed by atoms with Crippen LogP contribution in [0.25, 0.3) is 0 Å². The molecule has 0 spiro atoms. The molecular weight excluding hydrogens is 292 g/mol. The number of carbonyl (C=O) groups excluding carboxylic acids is 3. The van der Waals surface area contributed by atoms with E-state index >= 15 is 0 Å². The average molecular weight is 316 g/mol. The maximum atomic E-state index is 11.8. The molecule has 0 saturated carbocycles. The second-order valence-corrected chi connectivity index (χ2v) is 6.23. The first-order chi connectivity index (χ1) is 10.0. The van der Waals surface area contributed by atoms with Crippen LogP contribution < -0.4 is 5.32 Å². The fourth-order valence-corrected chi connectivity index (χ4v) is 2.46. The molecule has 0 aromatic rings. The fraction of sp³-hybridized carbons (Fsp3) is 0.786. The minimum absolute atomic E-state index is 0.0604. The van der Waals surface area contributed by atoms with Crippen LogP contribution in [-0.4, -0.2) is 53.5 Å². The van der Waals surface area contributed by atoms with Crippen LogP contribution in [0.4, 0.5) is 4.79 Å². The highest BCUT2D eigenvalue weighted by Crippen LogP contribution is 2.12. The van der Waals surface area contributed by atoms with Crippen molar-refractivity contribution in [2.45, 2.75) is 45.6 Å². The summed E-state index contributed by atoms with van der Waals surface area (Å²) in [5.74, 6) is 0.0356. The summed E-state index contributed by atoms with van der Waals surface area (Å²) in [5.41, 5.74) is 0. The van der Waals surface area contributed by atoms with Crippen LogP contribution in [-0.2, 0) is 14.3 Å². The van der Waals surface area contributed by atoms with Gasteiger partial charge in [-0.05, 0) is 19.3 Å². The van der Waals surface area contributed by atoms with Gasteiger partial charge >= 0.3 is 6.09 Å². The molecule has 0 aromatic carbocycles. The number of amides is 2. The lowest BCUT2D eigenvalue weighted by Crippen LogP contribution is -2.47. The number of nitrogens with one attached hydrogen (secondary N) is 1. The predicted octanol–water partition coefficient (Wildman–Crippen LogP) is 1.78. The van der Waals surface area contributed by atoms with Gasteiger partial charge in [0, 0.05) is 26.1 Å². The first-order valence-corrected chi connectivity index (χ1v) is 8.36. The van der Waals surface area contributed by atoms with E-state index in [9.17, 15) is 14.4 Å². The number of thioether (sulfide) groups is 1. The summed E-state index contributed by atoms with van der Waals surface area (Å²) >= 11 is 1.01. The van der Waals surface area contributed by atoms with Gasteiger partial charge in [0.1, 0.15) is 0 Å². The summed E-state index contributed by atoms with van der Waals surface area (Å²) in [6.45, 7) is 5.15. The zero-order valence-corrected chi connectivity index (χ0v) is 13.5. The Balaban J connectivity index is 2.21. The molecule has 2 amide bonds. The Hall–Kier alpha value is -1.24. The molecule has 1 aliphatic heterocycles. The summed E-state index contributed by atoms with van der Waals surface area (Å²) in [5, 5.41) is 2.83. The average Bonchev–Trinajstić information content (AvgIpc) is 2.46. The van der Waals surface area contributed by atoms with E-state index in [0.717, 1.165) is 37.4 Å². The third kappa shape index (κ3) is 7.36. The van der Waals surface area contributed by atoms with E-state index < -0.39 is 0 Å². The van der Waals surface area contributed by atoms with E-state index in [4.69, 9.17) is 4.74 Å². The maximum Gasteiger partial charge on any atom is 0.409 e. The number of hydrogen-bond donors (Lipinski definition) is 1.